The fourth-order valence-electron chi connectivity index (χ4n) is 4.32. The number of carbonyl (C=O) groups is 1. The van der Waals surface area contributed by atoms with Crippen molar-refractivity contribution < 1.29 is 22.0 Å². The molecule has 2 aromatic carbocycles. The number of hydrogen-bond acceptors (Lipinski definition) is 4. The van der Waals surface area contributed by atoms with Gasteiger partial charge in [0.15, 0.2) is 0 Å². The first-order chi connectivity index (χ1) is 18.4. The van der Waals surface area contributed by atoms with Crippen LogP contribution in [0.4, 0.5) is 8.78 Å². The molecule has 0 aromatic heterocycles. The maximum atomic E-state index is 13.6. The summed E-state index contributed by atoms with van der Waals surface area (Å²) in [4.78, 5) is 15.6. The third-order valence-corrected chi connectivity index (χ3v) is 7.93. The van der Waals surface area contributed by atoms with Crippen LogP contribution in [0.2, 0.25) is 5.02 Å². The van der Waals surface area contributed by atoms with Gasteiger partial charge in [-0.05, 0) is 29.7 Å². The molecule has 14 heteroatoms. The number of halogens is 3. The topological polar surface area (TPSA) is 133 Å². The molecule has 2 aliphatic rings. The van der Waals surface area contributed by atoms with E-state index >= 15 is 0 Å². The van der Waals surface area contributed by atoms with Crippen molar-refractivity contribution in [2.45, 2.75) is 38.0 Å². The predicted octanol–water partition coefficient (Wildman–Crippen LogP) is 3.32. The Hall–Kier alpha value is -3.42. The van der Waals surface area contributed by atoms with E-state index in [2.05, 4.69) is 14.7 Å². The van der Waals surface area contributed by atoms with E-state index in [1.54, 1.807) is 24.3 Å². The summed E-state index contributed by atoms with van der Waals surface area (Å²) in [6.07, 6.45) is -0.721. The van der Waals surface area contributed by atoms with Crippen molar-refractivity contribution >= 4 is 45.3 Å². The summed E-state index contributed by atoms with van der Waals surface area (Å²) in [6, 6.07) is 16.7. The van der Waals surface area contributed by atoms with Crippen LogP contribution in [-0.4, -0.2) is 66.8 Å². The van der Waals surface area contributed by atoms with Crippen molar-refractivity contribution in [3.63, 3.8) is 0 Å². The van der Waals surface area contributed by atoms with Gasteiger partial charge >= 0.3 is 10.2 Å². The fourth-order valence-corrected chi connectivity index (χ4v) is 5.55. The standard InChI is InChI=1S/C25H28ClF2N7O3S/c1-17(36)30-23(29)31-24(33-39(37,38)34-15-12-25(27,28)13-16-34)35-14-11-21(18-5-3-2-4-6-18)22(32-35)19-7-9-20(26)10-8-19/h2-10,21H,11-16H2,1H3,(H3,29,30,31,33,36). The molecule has 1 unspecified atom stereocenters. The first kappa shape index (κ1) is 28.6. The van der Waals surface area contributed by atoms with Crippen molar-refractivity contribution in [2.24, 2.45) is 20.2 Å². The summed E-state index contributed by atoms with van der Waals surface area (Å²) in [7, 11) is -4.43. The van der Waals surface area contributed by atoms with E-state index in [1.165, 1.54) is 11.9 Å². The molecule has 39 heavy (non-hydrogen) atoms. The lowest BCUT2D eigenvalue weighted by atomic mass is 9.86. The highest BCUT2D eigenvalue weighted by atomic mass is 35.5. The van der Waals surface area contributed by atoms with E-state index in [0.717, 1.165) is 15.4 Å². The van der Waals surface area contributed by atoms with Gasteiger partial charge < -0.3 is 5.73 Å². The Morgan fingerprint density at radius 1 is 1.10 bits per heavy atom. The van der Waals surface area contributed by atoms with Crippen LogP contribution in [-0.2, 0) is 15.0 Å². The number of nitrogens with zero attached hydrogens (tertiary/aromatic N) is 5. The number of benzene rings is 2. The Morgan fingerprint density at radius 3 is 2.36 bits per heavy atom. The van der Waals surface area contributed by atoms with Crippen LogP contribution < -0.4 is 11.1 Å². The minimum absolute atomic E-state index is 0.137. The number of alkyl halides is 2. The van der Waals surface area contributed by atoms with Gasteiger partial charge in [0.2, 0.25) is 11.9 Å². The molecule has 2 aliphatic heterocycles. The van der Waals surface area contributed by atoms with Gasteiger partial charge in [-0.25, -0.2) is 13.8 Å². The molecule has 10 nitrogen and oxygen atoms in total. The predicted molar refractivity (Wildman–Crippen MR) is 146 cm³/mol. The smallest absolute Gasteiger partial charge is 0.325 e. The van der Waals surface area contributed by atoms with Gasteiger partial charge in [-0.2, -0.15) is 22.8 Å². The molecular formula is C25H28ClF2N7O3S. The lowest BCUT2D eigenvalue weighted by Crippen LogP contribution is -2.43. The van der Waals surface area contributed by atoms with Gasteiger partial charge in [0.25, 0.3) is 11.9 Å². The van der Waals surface area contributed by atoms with Crippen molar-refractivity contribution in [1.82, 2.24) is 14.6 Å². The number of nitrogens with one attached hydrogen (secondary N) is 1. The molecule has 1 atom stereocenters. The molecule has 3 N–H and O–H groups in total. The van der Waals surface area contributed by atoms with Gasteiger partial charge in [0, 0.05) is 50.3 Å². The average molecular weight is 580 g/mol. The highest BCUT2D eigenvalue weighted by Gasteiger charge is 2.39. The van der Waals surface area contributed by atoms with E-state index in [-0.39, 0.29) is 12.5 Å². The Kier molecular flexibility index (Phi) is 8.62. The Labute approximate surface area is 230 Å². The van der Waals surface area contributed by atoms with Crippen LogP contribution in [0.15, 0.2) is 69.1 Å². The molecule has 0 spiro atoms. The summed E-state index contributed by atoms with van der Waals surface area (Å²) in [6.45, 7) is 0.630. The van der Waals surface area contributed by atoms with E-state index in [9.17, 15) is 22.0 Å². The Bertz CT molecular complexity index is 1390. The average Bonchev–Trinajstić information content (AvgIpc) is 2.88. The van der Waals surface area contributed by atoms with Gasteiger partial charge in [-0.3, -0.25) is 10.1 Å². The molecule has 2 aromatic rings. The normalized spacial score (nSPS) is 20.9. The summed E-state index contributed by atoms with van der Waals surface area (Å²) >= 11 is 6.09. The number of hydrazone groups is 1. The minimum Gasteiger partial charge on any atom is -0.369 e. The van der Waals surface area contributed by atoms with Gasteiger partial charge in [-0.15, -0.1) is 4.40 Å². The van der Waals surface area contributed by atoms with E-state index in [4.69, 9.17) is 22.4 Å². The first-order valence-corrected chi connectivity index (χ1v) is 14.0. The van der Waals surface area contributed by atoms with Crippen LogP contribution in [0.5, 0.6) is 0 Å². The van der Waals surface area contributed by atoms with Crippen molar-refractivity contribution in [2.75, 3.05) is 19.6 Å². The number of hydrogen-bond donors (Lipinski definition) is 2. The highest BCUT2D eigenvalue weighted by molar-refractivity contribution is 7.87. The zero-order chi connectivity index (χ0) is 28.2. The molecule has 1 saturated heterocycles. The number of aliphatic imine (C=N–C) groups is 1. The fraction of sp³-hybridized carbons (Fsp3) is 0.360. The monoisotopic (exact) mass is 579 g/mol. The third kappa shape index (κ3) is 7.37. The number of amides is 1. The number of rotatable bonds is 4. The highest BCUT2D eigenvalue weighted by Crippen LogP contribution is 2.31. The first-order valence-electron chi connectivity index (χ1n) is 12.2. The van der Waals surface area contributed by atoms with Gasteiger partial charge in [0.1, 0.15) is 0 Å². The molecule has 0 bridgehead atoms. The number of guanidine groups is 2. The van der Waals surface area contributed by atoms with Crippen LogP contribution in [0.1, 0.15) is 43.2 Å². The van der Waals surface area contributed by atoms with Crippen molar-refractivity contribution in [3.05, 3.63) is 70.7 Å². The lowest BCUT2D eigenvalue weighted by molar-refractivity contribution is -0.117. The second-order valence-electron chi connectivity index (χ2n) is 9.17. The SMILES string of the molecule is CC(=O)N/C(N)=N/C(=N/S(=O)(=O)N1CCC(F)(F)CC1)N1CCC(c2ccccc2)C(c2ccc(Cl)cc2)=N1. The zero-order valence-electron chi connectivity index (χ0n) is 21.1. The Morgan fingerprint density at radius 2 is 1.74 bits per heavy atom. The largest absolute Gasteiger partial charge is 0.369 e. The van der Waals surface area contributed by atoms with Crippen molar-refractivity contribution in [3.8, 4) is 0 Å². The molecule has 0 aliphatic carbocycles. The number of nitrogens with two attached hydrogens (primary N) is 1. The number of piperidine rings is 1. The van der Waals surface area contributed by atoms with Crippen molar-refractivity contribution in [1.29, 1.82) is 0 Å². The maximum Gasteiger partial charge on any atom is 0.325 e. The van der Waals surface area contributed by atoms with Gasteiger partial charge in [0.05, 0.1) is 5.71 Å². The molecule has 0 radical (unpaired) electrons. The summed E-state index contributed by atoms with van der Waals surface area (Å²) in [5.74, 6) is -4.40. The molecule has 1 amide bonds. The van der Waals surface area contributed by atoms with E-state index in [0.29, 0.717) is 17.2 Å². The summed E-state index contributed by atoms with van der Waals surface area (Å²) in [5.41, 5.74) is 8.20. The second kappa shape index (κ2) is 11.8. The quantitative estimate of drug-likeness (QED) is 0.423. The number of carbonyl (C=O) groups excluding carboxylic acids is 1. The Balaban J connectivity index is 1.77. The summed E-state index contributed by atoms with van der Waals surface area (Å²) in [5, 5.41) is 8.83. The molecule has 0 saturated carbocycles. The molecular weight excluding hydrogens is 552 g/mol. The van der Waals surface area contributed by atoms with Gasteiger partial charge in [-0.1, -0.05) is 54.1 Å². The van der Waals surface area contributed by atoms with E-state index < -0.39 is 59.9 Å². The molecule has 4 rings (SSSR count). The molecule has 2 heterocycles. The van der Waals surface area contributed by atoms with Crippen LogP contribution in [0.3, 0.4) is 0 Å². The third-order valence-electron chi connectivity index (χ3n) is 6.26. The minimum atomic E-state index is -4.43. The van der Waals surface area contributed by atoms with Crippen LogP contribution in [0.25, 0.3) is 0 Å². The maximum absolute atomic E-state index is 13.6. The second-order valence-corrected chi connectivity index (χ2v) is 11.2. The van der Waals surface area contributed by atoms with E-state index in [1.807, 2.05) is 30.3 Å². The lowest BCUT2D eigenvalue weighted by Gasteiger charge is -2.32. The zero-order valence-corrected chi connectivity index (χ0v) is 22.7. The van der Waals surface area contributed by atoms with Crippen LogP contribution >= 0.6 is 11.6 Å². The molecule has 208 valence electrons. The molecule has 1 fully saturated rings. The summed E-state index contributed by atoms with van der Waals surface area (Å²) < 4.78 is 58.3. The van der Waals surface area contributed by atoms with Crippen LogP contribution in [0, 0.1) is 0 Å².